The highest BCUT2D eigenvalue weighted by atomic mass is 19.1. The zero-order chi connectivity index (χ0) is 16.5. The predicted octanol–water partition coefficient (Wildman–Crippen LogP) is 2.56. The molecule has 0 fully saturated rings. The van der Waals surface area contributed by atoms with E-state index in [1.807, 2.05) is 12.1 Å². The van der Waals surface area contributed by atoms with Crippen molar-refractivity contribution in [3.05, 3.63) is 78.4 Å². The van der Waals surface area contributed by atoms with Crippen molar-refractivity contribution in [1.82, 2.24) is 24.6 Å². The highest BCUT2D eigenvalue weighted by Gasteiger charge is 2.19. The van der Waals surface area contributed by atoms with Crippen LogP contribution < -0.4 is 0 Å². The van der Waals surface area contributed by atoms with E-state index in [1.54, 1.807) is 29.2 Å². The molecule has 0 spiro atoms. The fraction of sp³-hybridized carbons (Fsp3) is 0. The van der Waals surface area contributed by atoms with Crippen molar-refractivity contribution in [2.24, 2.45) is 0 Å². The quantitative estimate of drug-likeness (QED) is 0.543. The molecule has 116 valence electrons. The van der Waals surface area contributed by atoms with E-state index in [-0.39, 0.29) is 11.3 Å². The summed E-state index contributed by atoms with van der Waals surface area (Å²) in [7, 11) is 0. The van der Waals surface area contributed by atoms with Gasteiger partial charge >= 0.3 is 0 Å². The third-order valence-corrected chi connectivity index (χ3v) is 3.56. The predicted molar refractivity (Wildman–Crippen MR) is 83.8 cm³/mol. The van der Waals surface area contributed by atoms with E-state index in [0.29, 0.717) is 5.65 Å². The molecule has 4 aromatic rings. The Morgan fingerprint density at radius 3 is 2.71 bits per heavy atom. The first-order valence-electron chi connectivity index (χ1n) is 7.13. The minimum absolute atomic E-state index is 0.0125. The molecule has 4 heterocycles. The topological polar surface area (TPSA) is 73.0 Å². The summed E-state index contributed by atoms with van der Waals surface area (Å²) >= 11 is 0. The van der Waals surface area contributed by atoms with Gasteiger partial charge in [0.05, 0.1) is 17.5 Å². The van der Waals surface area contributed by atoms with Crippen LogP contribution in [0.1, 0.15) is 16.1 Å². The van der Waals surface area contributed by atoms with E-state index in [1.165, 1.54) is 18.5 Å². The minimum atomic E-state index is -0.520. The maximum Gasteiger partial charge on any atom is 0.216 e. The Kier molecular flexibility index (Phi) is 3.31. The number of rotatable bonds is 3. The molecule has 0 amide bonds. The Hall–Kier alpha value is -3.48. The van der Waals surface area contributed by atoms with Gasteiger partial charge in [0.2, 0.25) is 5.78 Å². The summed E-state index contributed by atoms with van der Waals surface area (Å²) in [6.45, 7) is 0. The van der Waals surface area contributed by atoms with Gasteiger partial charge in [-0.25, -0.2) is 13.9 Å². The molecule has 0 atom stereocenters. The number of hydrogen-bond donors (Lipinski definition) is 0. The lowest BCUT2D eigenvalue weighted by molar-refractivity contribution is 0.103. The van der Waals surface area contributed by atoms with Crippen LogP contribution in [0.3, 0.4) is 0 Å². The van der Waals surface area contributed by atoms with Gasteiger partial charge in [-0.3, -0.25) is 14.8 Å². The molecular formula is C17H10FN5O. The van der Waals surface area contributed by atoms with Gasteiger partial charge < -0.3 is 0 Å². The molecule has 4 rings (SSSR count). The Morgan fingerprint density at radius 1 is 1.04 bits per heavy atom. The van der Waals surface area contributed by atoms with Gasteiger partial charge in [0.25, 0.3) is 0 Å². The van der Waals surface area contributed by atoms with Crippen molar-refractivity contribution in [1.29, 1.82) is 0 Å². The summed E-state index contributed by atoms with van der Waals surface area (Å²) in [5.74, 6) is -0.950. The fourth-order valence-corrected chi connectivity index (χ4v) is 2.45. The molecular weight excluding hydrogens is 309 g/mol. The maximum absolute atomic E-state index is 13.3. The van der Waals surface area contributed by atoms with Crippen LogP contribution in [0.15, 0.2) is 61.3 Å². The maximum atomic E-state index is 13.3. The van der Waals surface area contributed by atoms with Crippen molar-refractivity contribution in [3.63, 3.8) is 0 Å². The van der Waals surface area contributed by atoms with Crippen molar-refractivity contribution in [3.8, 4) is 11.3 Å². The Balaban J connectivity index is 1.86. The lowest BCUT2D eigenvalue weighted by Gasteiger charge is -2.04. The van der Waals surface area contributed by atoms with Crippen molar-refractivity contribution in [2.45, 2.75) is 0 Å². The van der Waals surface area contributed by atoms with E-state index in [2.05, 4.69) is 20.1 Å². The molecule has 0 aromatic carbocycles. The van der Waals surface area contributed by atoms with Crippen LogP contribution in [-0.2, 0) is 0 Å². The minimum Gasteiger partial charge on any atom is -0.287 e. The van der Waals surface area contributed by atoms with Gasteiger partial charge in [-0.15, -0.1) is 0 Å². The number of hydrogen-bond acceptors (Lipinski definition) is 5. The number of pyridine rings is 2. The molecule has 0 aliphatic rings. The lowest BCUT2D eigenvalue weighted by atomic mass is 10.1. The molecule has 0 saturated carbocycles. The first-order valence-corrected chi connectivity index (χ1v) is 7.13. The molecule has 0 aliphatic carbocycles. The monoisotopic (exact) mass is 319 g/mol. The number of fused-ring (bicyclic) bond motifs is 1. The normalized spacial score (nSPS) is 10.9. The summed E-state index contributed by atoms with van der Waals surface area (Å²) in [5.41, 5.74) is 2.25. The van der Waals surface area contributed by atoms with Gasteiger partial charge in [0.15, 0.2) is 5.65 Å². The highest BCUT2D eigenvalue weighted by molar-refractivity contribution is 6.11. The van der Waals surface area contributed by atoms with Gasteiger partial charge in [-0.1, -0.05) is 0 Å². The van der Waals surface area contributed by atoms with Gasteiger partial charge in [0.1, 0.15) is 11.5 Å². The molecule has 0 unspecified atom stereocenters. The summed E-state index contributed by atoms with van der Waals surface area (Å²) < 4.78 is 14.9. The van der Waals surface area contributed by atoms with Crippen molar-refractivity contribution >= 4 is 11.4 Å². The van der Waals surface area contributed by atoms with Gasteiger partial charge in [-0.05, 0) is 24.3 Å². The van der Waals surface area contributed by atoms with E-state index < -0.39 is 11.6 Å². The Labute approximate surface area is 135 Å². The van der Waals surface area contributed by atoms with Gasteiger partial charge in [0, 0.05) is 36.4 Å². The fourth-order valence-electron chi connectivity index (χ4n) is 2.45. The first kappa shape index (κ1) is 14.1. The van der Waals surface area contributed by atoms with Crippen molar-refractivity contribution < 1.29 is 9.18 Å². The van der Waals surface area contributed by atoms with Crippen LogP contribution in [0.4, 0.5) is 4.39 Å². The molecule has 0 radical (unpaired) electrons. The van der Waals surface area contributed by atoms with E-state index in [0.717, 1.165) is 17.3 Å². The average molecular weight is 319 g/mol. The van der Waals surface area contributed by atoms with Crippen LogP contribution in [-0.4, -0.2) is 30.3 Å². The summed E-state index contributed by atoms with van der Waals surface area (Å²) in [6, 6.07) is 7.76. The van der Waals surface area contributed by atoms with Crippen LogP contribution in [0, 0.1) is 5.82 Å². The van der Waals surface area contributed by atoms with E-state index in [9.17, 15) is 9.18 Å². The van der Waals surface area contributed by atoms with Crippen LogP contribution in [0.25, 0.3) is 16.9 Å². The number of carbonyl (C=O) groups is 1. The first-order chi connectivity index (χ1) is 11.7. The van der Waals surface area contributed by atoms with Crippen LogP contribution in [0.5, 0.6) is 0 Å². The third-order valence-electron chi connectivity index (χ3n) is 3.56. The summed E-state index contributed by atoms with van der Waals surface area (Å²) in [5, 5.41) is 4.25. The third kappa shape index (κ3) is 2.32. The zero-order valence-corrected chi connectivity index (χ0v) is 12.3. The van der Waals surface area contributed by atoms with E-state index in [4.69, 9.17) is 0 Å². The van der Waals surface area contributed by atoms with Crippen molar-refractivity contribution in [2.75, 3.05) is 0 Å². The smallest absolute Gasteiger partial charge is 0.216 e. The second-order valence-electron chi connectivity index (χ2n) is 5.05. The Bertz CT molecular complexity index is 1050. The molecule has 7 heteroatoms. The number of ketones is 1. The van der Waals surface area contributed by atoms with Gasteiger partial charge in [-0.2, -0.15) is 5.10 Å². The average Bonchev–Trinajstić information content (AvgIpc) is 3.06. The largest absolute Gasteiger partial charge is 0.287 e. The summed E-state index contributed by atoms with van der Waals surface area (Å²) in [4.78, 5) is 24.8. The standard InChI is InChI=1S/C17H10FN5O/c18-12-3-6-20-14(8-12)16(24)13-10-22-23-15(4-7-21-17(13)23)11-2-1-5-19-9-11/h1-10H. The second kappa shape index (κ2) is 5.62. The number of carbonyl (C=O) groups excluding carboxylic acids is 1. The molecule has 0 bridgehead atoms. The lowest BCUT2D eigenvalue weighted by Crippen LogP contribution is -2.05. The SMILES string of the molecule is O=C(c1cc(F)ccn1)c1cnn2c(-c3cccnc3)ccnc12. The second-order valence-corrected chi connectivity index (χ2v) is 5.05. The zero-order valence-electron chi connectivity index (χ0n) is 12.3. The molecule has 24 heavy (non-hydrogen) atoms. The van der Waals surface area contributed by atoms with E-state index >= 15 is 0 Å². The molecule has 0 saturated heterocycles. The molecule has 4 aromatic heterocycles. The highest BCUT2D eigenvalue weighted by Crippen LogP contribution is 2.21. The Morgan fingerprint density at radius 2 is 1.92 bits per heavy atom. The van der Waals surface area contributed by atoms with Crippen LogP contribution in [0.2, 0.25) is 0 Å². The van der Waals surface area contributed by atoms with Crippen LogP contribution >= 0.6 is 0 Å². The number of halogens is 1. The molecule has 0 N–H and O–H groups in total. The molecule has 6 nitrogen and oxygen atoms in total. The number of nitrogens with zero attached hydrogens (tertiary/aromatic N) is 5. The summed E-state index contributed by atoms with van der Waals surface area (Å²) in [6.07, 6.45) is 7.64. The number of aromatic nitrogens is 5. The molecule has 0 aliphatic heterocycles.